The van der Waals surface area contributed by atoms with Crippen molar-refractivity contribution in [1.29, 1.82) is 0 Å². The van der Waals surface area contributed by atoms with Gasteiger partial charge >= 0.3 is 0 Å². The molecule has 0 N–H and O–H groups in total. The normalized spacial score (nSPS) is 12.8. The molecule has 0 aliphatic carbocycles. The van der Waals surface area contributed by atoms with Crippen molar-refractivity contribution in [3.8, 4) is 45.5 Å². The molecule has 3 heterocycles. The Hall–Kier alpha value is -6.19. The van der Waals surface area contributed by atoms with Crippen LogP contribution in [-0.4, -0.2) is 28.1 Å². The lowest BCUT2D eigenvalue weighted by Gasteiger charge is -2.15. The Balaban J connectivity index is 1.27. The van der Waals surface area contributed by atoms with Crippen LogP contribution in [-0.2, 0) is 0 Å². The number of hydrogen-bond acceptors (Lipinski definition) is 6. The molecule has 0 unspecified atom stereocenters. The van der Waals surface area contributed by atoms with E-state index in [9.17, 15) is 0 Å². The van der Waals surface area contributed by atoms with Gasteiger partial charge < -0.3 is 4.42 Å². The number of nitrogens with zero attached hydrogens (tertiary/aromatic N) is 5. The number of rotatable bonds is 7. The van der Waals surface area contributed by atoms with Gasteiger partial charge in [0.05, 0.1) is 0 Å². The Bertz CT molecular complexity index is 2490. The highest BCUT2D eigenvalue weighted by molar-refractivity contribution is 14.2. The van der Waals surface area contributed by atoms with Gasteiger partial charge in [0.15, 0.2) is 23.3 Å². The summed E-state index contributed by atoms with van der Waals surface area (Å²) in [5, 5.41) is 1.04. The van der Waals surface area contributed by atoms with Crippen molar-refractivity contribution in [3.63, 3.8) is 0 Å². The Kier molecular flexibility index (Phi) is 8.23. The molecule has 9 rings (SSSR count). The number of aliphatic imine (C=N–C) groups is 2. The van der Waals surface area contributed by atoms with Crippen LogP contribution in [0.25, 0.3) is 56.5 Å². The van der Waals surface area contributed by atoms with Gasteiger partial charge in [-0.15, -0.1) is 0 Å². The molecule has 242 valence electrons. The minimum absolute atomic E-state index is 0.570. The van der Waals surface area contributed by atoms with Gasteiger partial charge in [0.1, 0.15) is 18.7 Å². The smallest absolute Gasteiger partial charge is 0.164 e. The van der Waals surface area contributed by atoms with Crippen molar-refractivity contribution in [2.45, 2.75) is 0 Å². The first kappa shape index (κ1) is 30.8. The fraction of sp³-hybridized carbons (Fsp3) is 0. The third kappa shape index (κ3) is 6.47. The molecule has 2 aromatic heterocycles. The van der Waals surface area contributed by atoms with Crippen LogP contribution in [0.3, 0.4) is 0 Å². The largest absolute Gasteiger partial charge is 0.456 e. The van der Waals surface area contributed by atoms with E-state index in [2.05, 4.69) is 66.7 Å². The number of fused-ring (bicyclic) bond motifs is 1. The fourth-order valence-electron chi connectivity index (χ4n) is 5.95. The molecule has 0 bridgehead atoms. The first-order valence-electron chi connectivity index (χ1n) is 16.6. The standard InChI is InChI=1S/C44H28IN5O/c1-5-15-29(16-6-1)39-45-40(47-41(46-39)30-17-7-2-8-18-30)35-25-34(38-28-33-23-13-14-24-37(33)51-38)26-36(27-35)44-49-42(31-19-9-3-10-20-31)48-43(50-44)32-21-11-4-12-22-32/h1-28H. The molecule has 0 amide bonds. The number of aromatic nitrogens is 3. The quantitative estimate of drug-likeness (QED) is 0.151. The number of benzene rings is 6. The fourth-order valence-corrected chi connectivity index (χ4v) is 8.42. The highest BCUT2D eigenvalue weighted by Crippen LogP contribution is 2.35. The third-order valence-corrected chi connectivity index (χ3v) is 11.2. The molecule has 51 heavy (non-hydrogen) atoms. The van der Waals surface area contributed by atoms with E-state index in [4.69, 9.17) is 29.4 Å². The summed E-state index contributed by atoms with van der Waals surface area (Å²) in [6, 6.07) is 57.3. The lowest BCUT2D eigenvalue weighted by Crippen LogP contribution is -2.11. The lowest BCUT2D eigenvalue weighted by molar-refractivity contribution is 0.631. The highest BCUT2D eigenvalue weighted by Gasteiger charge is 2.20. The summed E-state index contributed by atoms with van der Waals surface area (Å²) in [6.45, 7) is 0. The van der Waals surface area contributed by atoms with Crippen LogP contribution >= 0.6 is 20.7 Å². The molecule has 1 aliphatic rings. The summed E-state index contributed by atoms with van der Waals surface area (Å²) in [4.78, 5) is 25.5. The van der Waals surface area contributed by atoms with Crippen LogP contribution in [0.4, 0.5) is 0 Å². The zero-order valence-electron chi connectivity index (χ0n) is 27.2. The van der Waals surface area contributed by atoms with Crippen molar-refractivity contribution in [2.24, 2.45) is 9.98 Å². The maximum absolute atomic E-state index is 6.44. The Morgan fingerprint density at radius 3 is 1.49 bits per heavy atom. The molecule has 6 nitrogen and oxygen atoms in total. The Labute approximate surface area is 304 Å². The van der Waals surface area contributed by atoms with E-state index in [0.29, 0.717) is 23.3 Å². The van der Waals surface area contributed by atoms with Crippen molar-refractivity contribution >= 4 is 44.9 Å². The van der Waals surface area contributed by atoms with E-state index in [-0.39, 0.29) is 0 Å². The van der Waals surface area contributed by atoms with Gasteiger partial charge in [-0.3, -0.25) is 0 Å². The second-order valence-corrected chi connectivity index (χ2v) is 14.5. The van der Waals surface area contributed by atoms with Crippen LogP contribution in [0, 0.1) is 0 Å². The van der Waals surface area contributed by atoms with E-state index >= 15 is 0 Å². The van der Waals surface area contributed by atoms with Crippen LogP contribution in [0.2, 0.25) is 0 Å². The summed E-state index contributed by atoms with van der Waals surface area (Å²) >= 11 is -0.770. The lowest BCUT2D eigenvalue weighted by atomic mass is 10.0. The molecule has 0 saturated carbocycles. The van der Waals surface area contributed by atoms with Crippen LogP contribution in [0.5, 0.6) is 0 Å². The molecular weight excluding hydrogens is 741 g/mol. The van der Waals surface area contributed by atoms with E-state index in [0.717, 1.165) is 63.0 Å². The summed E-state index contributed by atoms with van der Waals surface area (Å²) in [6.07, 6.45) is 0. The second kappa shape index (κ2) is 13.6. The molecule has 8 aromatic rings. The van der Waals surface area contributed by atoms with E-state index < -0.39 is 20.7 Å². The van der Waals surface area contributed by atoms with Gasteiger partial charge in [-0.05, 0) is 51.1 Å². The zero-order valence-corrected chi connectivity index (χ0v) is 29.3. The van der Waals surface area contributed by atoms with Crippen LogP contribution in [0.15, 0.2) is 184 Å². The third-order valence-electron chi connectivity index (χ3n) is 8.47. The summed E-state index contributed by atoms with van der Waals surface area (Å²) in [7, 11) is 0. The first-order valence-corrected chi connectivity index (χ1v) is 18.7. The van der Waals surface area contributed by atoms with Crippen LogP contribution < -0.4 is 0 Å². The van der Waals surface area contributed by atoms with Gasteiger partial charge in [-0.25, -0.2) is 24.9 Å². The van der Waals surface area contributed by atoms with Crippen molar-refractivity contribution in [3.05, 3.63) is 187 Å². The number of furan rings is 1. The molecule has 0 saturated heterocycles. The molecular formula is C44H28IN5O. The molecule has 1 aliphatic heterocycles. The summed E-state index contributed by atoms with van der Waals surface area (Å²) in [5.74, 6) is 3.25. The first-order chi connectivity index (χ1) is 25.2. The van der Waals surface area contributed by atoms with Gasteiger partial charge in [0, 0.05) is 44.3 Å². The monoisotopic (exact) mass is 769 g/mol. The average Bonchev–Trinajstić information content (AvgIpc) is 3.66. The van der Waals surface area contributed by atoms with Crippen LogP contribution in [0.1, 0.15) is 16.7 Å². The SMILES string of the molecule is c1ccc(C2=NC(c3ccccc3)=IC(c3cc(-c4nc(-c5ccccc5)nc(-c5ccccc5)n4)cc(-c4cc5ccccc5o4)c3)=N2)cc1. The van der Waals surface area contributed by atoms with E-state index in [1.807, 2.05) is 103 Å². The number of para-hydroxylation sites is 1. The number of hydrogen-bond donors (Lipinski definition) is 0. The maximum Gasteiger partial charge on any atom is 0.164 e. The van der Waals surface area contributed by atoms with E-state index in [1.54, 1.807) is 0 Å². The molecule has 0 fully saturated rings. The minimum atomic E-state index is -0.770. The van der Waals surface area contributed by atoms with Gasteiger partial charge in [-0.1, -0.05) is 140 Å². The zero-order chi connectivity index (χ0) is 34.0. The Morgan fingerprint density at radius 2 is 0.882 bits per heavy atom. The molecule has 0 radical (unpaired) electrons. The highest BCUT2D eigenvalue weighted by atomic mass is 127. The maximum atomic E-state index is 6.44. The molecule has 0 spiro atoms. The van der Waals surface area contributed by atoms with E-state index in [1.165, 1.54) is 0 Å². The second-order valence-electron chi connectivity index (χ2n) is 11.9. The summed E-state index contributed by atoms with van der Waals surface area (Å²) in [5.41, 5.74) is 7.49. The Morgan fingerprint density at radius 1 is 0.392 bits per heavy atom. The molecule has 0 atom stereocenters. The topological polar surface area (TPSA) is 76.5 Å². The number of halogens is 1. The van der Waals surface area contributed by atoms with Crippen molar-refractivity contribution in [1.82, 2.24) is 15.0 Å². The predicted octanol–water partition coefficient (Wildman–Crippen LogP) is 10.6. The summed E-state index contributed by atoms with van der Waals surface area (Å²) < 4.78 is 8.50. The molecule has 6 aromatic carbocycles. The number of amidine groups is 1. The van der Waals surface area contributed by atoms with Gasteiger partial charge in [0.25, 0.3) is 0 Å². The van der Waals surface area contributed by atoms with Crippen molar-refractivity contribution in [2.75, 3.05) is 0 Å². The van der Waals surface area contributed by atoms with Gasteiger partial charge in [-0.2, -0.15) is 0 Å². The minimum Gasteiger partial charge on any atom is -0.456 e. The van der Waals surface area contributed by atoms with Crippen molar-refractivity contribution < 1.29 is 4.42 Å². The molecule has 7 heteroatoms. The average molecular weight is 770 g/mol. The van der Waals surface area contributed by atoms with Gasteiger partial charge in [0.2, 0.25) is 0 Å². The predicted molar refractivity (Wildman–Crippen MR) is 215 cm³/mol.